The van der Waals surface area contributed by atoms with Crippen LogP contribution in [-0.4, -0.2) is 19.3 Å². The van der Waals surface area contributed by atoms with Gasteiger partial charge in [-0.15, -0.1) is 0 Å². The number of nitrogens with two attached hydrogens (primary N) is 2. The van der Waals surface area contributed by atoms with Crippen LogP contribution in [0.3, 0.4) is 0 Å². The minimum absolute atomic E-state index is 0.270. The number of unbranched alkanes of at least 4 members (excludes halogenated alkanes) is 3. The van der Waals surface area contributed by atoms with Crippen molar-refractivity contribution in [1.82, 2.24) is 10.9 Å². The normalized spacial score (nSPS) is 11.0. The average molecular weight is 174 g/mol. The van der Waals surface area contributed by atoms with Crippen LogP contribution in [0.2, 0.25) is 0 Å². The molecule has 0 spiro atoms. The number of hydrogen-bond donors (Lipinski definition) is 4. The van der Waals surface area contributed by atoms with Gasteiger partial charge in [0.1, 0.15) is 0 Å². The molecule has 0 unspecified atom stereocenters. The van der Waals surface area contributed by atoms with E-state index >= 15 is 0 Å². The molecule has 4 heteroatoms. The lowest BCUT2D eigenvalue weighted by Gasteiger charge is -2.08. The summed E-state index contributed by atoms with van der Waals surface area (Å²) in [6, 6.07) is 0. The summed E-state index contributed by atoms with van der Waals surface area (Å²) >= 11 is 0. The Morgan fingerprint density at radius 3 is 2.42 bits per heavy atom. The molecule has 4 nitrogen and oxygen atoms in total. The zero-order valence-electron chi connectivity index (χ0n) is 7.97. The molecule has 0 aliphatic heterocycles. The molecule has 0 aromatic heterocycles. The van der Waals surface area contributed by atoms with Gasteiger partial charge in [-0.05, 0) is 6.42 Å². The Bertz CT molecular complexity index is 85.1. The Morgan fingerprint density at radius 1 is 1.08 bits per heavy atom. The lowest BCUT2D eigenvalue weighted by molar-refractivity contribution is 0.478. The Hall–Kier alpha value is -0.160. The molecule has 6 N–H and O–H groups in total. The summed E-state index contributed by atoms with van der Waals surface area (Å²) in [4.78, 5) is 0. The molecule has 0 saturated carbocycles. The van der Waals surface area contributed by atoms with E-state index in [1.54, 1.807) is 0 Å². The van der Waals surface area contributed by atoms with E-state index in [-0.39, 0.29) is 6.17 Å². The van der Waals surface area contributed by atoms with Crippen molar-refractivity contribution in [3.63, 3.8) is 0 Å². The first-order valence-corrected chi connectivity index (χ1v) is 4.74. The summed E-state index contributed by atoms with van der Waals surface area (Å²) in [7, 11) is 0. The first-order valence-electron chi connectivity index (χ1n) is 4.74. The first-order chi connectivity index (χ1) is 5.77. The molecule has 12 heavy (non-hydrogen) atoms. The van der Waals surface area contributed by atoms with E-state index in [2.05, 4.69) is 17.8 Å². The molecule has 0 aromatic carbocycles. The summed E-state index contributed by atoms with van der Waals surface area (Å²) in [5.41, 5.74) is 16.7. The topological polar surface area (TPSA) is 76.1 Å². The Balaban J connectivity index is 2.82. The fourth-order valence-electron chi connectivity index (χ4n) is 0.919. The lowest BCUT2D eigenvalue weighted by Crippen LogP contribution is -2.46. The highest BCUT2D eigenvalue weighted by Gasteiger charge is 1.91. The van der Waals surface area contributed by atoms with Crippen LogP contribution in [0.4, 0.5) is 0 Å². The molecule has 0 aromatic rings. The summed E-state index contributed by atoms with van der Waals surface area (Å²) in [5.74, 6) is 0. The van der Waals surface area contributed by atoms with Crippen molar-refractivity contribution in [1.29, 1.82) is 0 Å². The summed E-state index contributed by atoms with van der Waals surface area (Å²) in [6.45, 7) is 3.82. The Kier molecular flexibility index (Phi) is 8.81. The molecule has 0 saturated heterocycles. The van der Waals surface area contributed by atoms with Crippen molar-refractivity contribution in [2.75, 3.05) is 13.1 Å². The second-order valence-corrected chi connectivity index (χ2v) is 3.03. The van der Waals surface area contributed by atoms with E-state index in [0.717, 1.165) is 6.54 Å². The molecule has 0 bridgehead atoms. The zero-order valence-corrected chi connectivity index (χ0v) is 7.97. The summed E-state index contributed by atoms with van der Waals surface area (Å²) < 4.78 is 0. The maximum Gasteiger partial charge on any atom is 0.0663 e. The van der Waals surface area contributed by atoms with Crippen LogP contribution in [0.15, 0.2) is 0 Å². The van der Waals surface area contributed by atoms with Crippen LogP contribution in [-0.2, 0) is 0 Å². The van der Waals surface area contributed by atoms with Gasteiger partial charge in [-0.1, -0.05) is 26.2 Å². The summed E-state index contributed by atoms with van der Waals surface area (Å²) in [5, 5.41) is 0. The molecule has 0 aliphatic carbocycles. The van der Waals surface area contributed by atoms with Gasteiger partial charge in [-0.2, -0.15) is 0 Å². The number of nitrogens with one attached hydrogen (secondary N) is 2. The van der Waals surface area contributed by atoms with Crippen molar-refractivity contribution >= 4 is 0 Å². The molecule has 0 amide bonds. The van der Waals surface area contributed by atoms with Gasteiger partial charge in [-0.3, -0.25) is 10.9 Å². The minimum atomic E-state index is -0.270. The van der Waals surface area contributed by atoms with Crippen molar-refractivity contribution in [2.45, 2.75) is 38.8 Å². The van der Waals surface area contributed by atoms with Gasteiger partial charge in [0, 0.05) is 13.1 Å². The largest absolute Gasteiger partial charge is 0.315 e. The molecule has 0 atom stereocenters. The van der Waals surface area contributed by atoms with Crippen LogP contribution in [0.5, 0.6) is 0 Å². The SMILES string of the molecule is CCCCCCNNCC(N)N. The number of rotatable bonds is 8. The zero-order chi connectivity index (χ0) is 9.23. The maximum absolute atomic E-state index is 5.33. The maximum atomic E-state index is 5.33. The highest BCUT2D eigenvalue weighted by atomic mass is 15.4. The summed E-state index contributed by atoms with van der Waals surface area (Å²) in [6.07, 6.45) is 4.83. The van der Waals surface area contributed by atoms with Crippen molar-refractivity contribution < 1.29 is 0 Å². The van der Waals surface area contributed by atoms with E-state index in [0.29, 0.717) is 6.54 Å². The minimum Gasteiger partial charge on any atom is -0.315 e. The predicted octanol–water partition coefficient (Wildman–Crippen LogP) is -0.0956. The monoisotopic (exact) mass is 174 g/mol. The van der Waals surface area contributed by atoms with E-state index in [9.17, 15) is 0 Å². The standard InChI is InChI=1S/C8H22N4/c1-2-3-4-5-6-11-12-7-8(9)10/h8,11-12H,2-7,9-10H2,1H3. The number of hydrazine groups is 1. The first kappa shape index (κ1) is 11.8. The fraction of sp³-hybridized carbons (Fsp3) is 1.00. The molecular weight excluding hydrogens is 152 g/mol. The van der Waals surface area contributed by atoms with E-state index in [1.165, 1.54) is 25.7 Å². The highest BCUT2D eigenvalue weighted by molar-refractivity contribution is 4.52. The third kappa shape index (κ3) is 9.84. The van der Waals surface area contributed by atoms with E-state index in [4.69, 9.17) is 11.5 Å². The molecule has 0 aliphatic rings. The van der Waals surface area contributed by atoms with Gasteiger partial charge in [0.2, 0.25) is 0 Å². The van der Waals surface area contributed by atoms with Crippen LogP contribution in [0.1, 0.15) is 32.6 Å². The van der Waals surface area contributed by atoms with E-state index in [1.807, 2.05) is 0 Å². The quantitative estimate of drug-likeness (QED) is 0.235. The van der Waals surface area contributed by atoms with Crippen LogP contribution in [0.25, 0.3) is 0 Å². The van der Waals surface area contributed by atoms with Crippen molar-refractivity contribution in [3.05, 3.63) is 0 Å². The van der Waals surface area contributed by atoms with Crippen molar-refractivity contribution in [2.24, 2.45) is 11.5 Å². The predicted molar refractivity (Wildman–Crippen MR) is 52.3 cm³/mol. The van der Waals surface area contributed by atoms with Gasteiger partial charge in [-0.25, -0.2) is 0 Å². The fourth-order valence-corrected chi connectivity index (χ4v) is 0.919. The van der Waals surface area contributed by atoms with Crippen LogP contribution < -0.4 is 22.3 Å². The second kappa shape index (κ2) is 8.93. The van der Waals surface area contributed by atoms with Gasteiger partial charge in [0.15, 0.2) is 0 Å². The Labute approximate surface area is 75.0 Å². The molecule has 74 valence electrons. The van der Waals surface area contributed by atoms with Crippen LogP contribution >= 0.6 is 0 Å². The number of hydrogen-bond acceptors (Lipinski definition) is 4. The molecular formula is C8H22N4. The Morgan fingerprint density at radius 2 is 1.83 bits per heavy atom. The third-order valence-electron chi connectivity index (χ3n) is 1.62. The lowest BCUT2D eigenvalue weighted by atomic mass is 10.2. The molecule has 0 fully saturated rings. The van der Waals surface area contributed by atoms with Gasteiger partial charge in [0.05, 0.1) is 6.17 Å². The highest BCUT2D eigenvalue weighted by Crippen LogP contribution is 1.96. The smallest absolute Gasteiger partial charge is 0.0663 e. The van der Waals surface area contributed by atoms with Gasteiger partial charge < -0.3 is 11.5 Å². The van der Waals surface area contributed by atoms with E-state index < -0.39 is 0 Å². The van der Waals surface area contributed by atoms with Crippen molar-refractivity contribution in [3.8, 4) is 0 Å². The molecule has 0 heterocycles. The second-order valence-electron chi connectivity index (χ2n) is 3.03. The average Bonchev–Trinajstić information content (AvgIpc) is 2.02. The van der Waals surface area contributed by atoms with Crippen LogP contribution in [0, 0.1) is 0 Å². The molecule has 0 radical (unpaired) electrons. The van der Waals surface area contributed by atoms with Gasteiger partial charge >= 0.3 is 0 Å². The molecule has 0 rings (SSSR count). The van der Waals surface area contributed by atoms with Gasteiger partial charge in [0.25, 0.3) is 0 Å². The third-order valence-corrected chi connectivity index (χ3v) is 1.62.